The number of amides is 1. The van der Waals surface area contributed by atoms with Crippen LogP contribution in [0.15, 0.2) is 95.9 Å². The van der Waals surface area contributed by atoms with Crippen LogP contribution >= 0.6 is 0 Å². The van der Waals surface area contributed by atoms with Crippen molar-refractivity contribution in [1.29, 1.82) is 0 Å². The number of fused-ring (bicyclic) bond motifs is 2. The largest absolute Gasteiger partial charge is 0.361 e. The SMILES string of the molecule is CCn1cc(/C=C2\N=C(c3ccccc3)N(CCc3c[nH]c4cc(F)ccc34)C2=O)c2ccccc21. The number of nitrogens with zero attached hydrogens (tertiary/aromatic N) is 3. The molecule has 36 heavy (non-hydrogen) atoms. The predicted octanol–water partition coefficient (Wildman–Crippen LogP) is 6.15. The highest BCUT2D eigenvalue weighted by atomic mass is 19.1. The molecule has 178 valence electrons. The summed E-state index contributed by atoms with van der Waals surface area (Å²) in [7, 11) is 0. The summed E-state index contributed by atoms with van der Waals surface area (Å²) in [5.74, 6) is 0.258. The van der Waals surface area contributed by atoms with E-state index in [4.69, 9.17) is 4.99 Å². The number of amidine groups is 1. The second kappa shape index (κ2) is 8.96. The lowest BCUT2D eigenvalue weighted by Crippen LogP contribution is -2.34. The van der Waals surface area contributed by atoms with Gasteiger partial charge in [0.05, 0.1) is 0 Å². The number of para-hydroxylation sites is 1. The average molecular weight is 477 g/mol. The summed E-state index contributed by atoms with van der Waals surface area (Å²) in [5.41, 5.74) is 5.22. The first kappa shape index (κ1) is 22.0. The maximum Gasteiger partial charge on any atom is 0.278 e. The highest BCUT2D eigenvalue weighted by molar-refractivity contribution is 6.20. The summed E-state index contributed by atoms with van der Waals surface area (Å²) in [6.45, 7) is 3.42. The Balaban J connectivity index is 1.36. The van der Waals surface area contributed by atoms with Gasteiger partial charge in [-0.05, 0) is 49.2 Å². The first-order valence-corrected chi connectivity index (χ1v) is 12.1. The van der Waals surface area contributed by atoms with Gasteiger partial charge in [-0.3, -0.25) is 9.69 Å². The van der Waals surface area contributed by atoms with Crippen LogP contribution in [0.3, 0.4) is 0 Å². The number of aromatic nitrogens is 2. The molecule has 3 heterocycles. The minimum Gasteiger partial charge on any atom is -0.361 e. The van der Waals surface area contributed by atoms with Gasteiger partial charge in [-0.1, -0.05) is 48.5 Å². The van der Waals surface area contributed by atoms with Crippen LogP contribution in [-0.2, 0) is 17.8 Å². The zero-order valence-corrected chi connectivity index (χ0v) is 19.9. The maximum absolute atomic E-state index is 13.7. The topological polar surface area (TPSA) is 53.4 Å². The van der Waals surface area contributed by atoms with Gasteiger partial charge in [0.1, 0.15) is 17.3 Å². The monoisotopic (exact) mass is 476 g/mol. The number of hydrogen-bond donors (Lipinski definition) is 1. The Hall–Kier alpha value is -4.45. The molecule has 6 heteroatoms. The van der Waals surface area contributed by atoms with Crippen molar-refractivity contribution >= 4 is 39.6 Å². The van der Waals surface area contributed by atoms with E-state index in [1.165, 1.54) is 12.1 Å². The molecule has 5 aromatic rings. The number of rotatable bonds is 6. The zero-order chi connectivity index (χ0) is 24.6. The lowest BCUT2D eigenvalue weighted by Gasteiger charge is -2.18. The summed E-state index contributed by atoms with van der Waals surface area (Å²) in [4.78, 5) is 23.4. The van der Waals surface area contributed by atoms with Crippen LogP contribution in [0.2, 0.25) is 0 Å². The molecule has 3 aromatic carbocycles. The fraction of sp³-hybridized carbons (Fsp3) is 0.133. The van der Waals surface area contributed by atoms with Gasteiger partial charge in [0.25, 0.3) is 5.91 Å². The number of aliphatic imine (C=N–C) groups is 1. The number of H-pyrrole nitrogens is 1. The summed E-state index contributed by atoms with van der Waals surface area (Å²) < 4.78 is 15.8. The average Bonchev–Trinajstić information content (AvgIpc) is 3.57. The standard InChI is InChI=1S/C30H25FN4O/c1-2-34-19-22(25-10-6-7-11-28(25)34)16-27-30(36)35(29(33-27)20-8-4-3-5-9-20)15-14-21-18-32-26-17-23(31)12-13-24(21)26/h3-13,16-19,32H,2,14-15H2,1H3/b27-16-. The normalized spacial score (nSPS) is 14.9. The third kappa shape index (κ3) is 3.81. The van der Waals surface area contributed by atoms with Gasteiger partial charge in [-0.15, -0.1) is 0 Å². The van der Waals surface area contributed by atoms with Gasteiger partial charge in [-0.2, -0.15) is 0 Å². The van der Waals surface area contributed by atoms with Crippen LogP contribution < -0.4 is 0 Å². The molecule has 0 bridgehead atoms. The first-order chi connectivity index (χ1) is 17.6. The van der Waals surface area contributed by atoms with E-state index in [-0.39, 0.29) is 11.7 Å². The molecule has 5 nitrogen and oxygen atoms in total. The molecule has 0 saturated heterocycles. The number of aryl methyl sites for hydroxylation is 1. The van der Waals surface area contributed by atoms with Crippen LogP contribution in [0.4, 0.5) is 4.39 Å². The Morgan fingerprint density at radius 3 is 2.64 bits per heavy atom. The molecular weight excluding hydrogens is 451 g/mol. The quantitative estimate of drug-likeness (QED) is 0.294. The van der Waals surface area contributed by atoms with Crippen molar-refractivity contribution in [1.82, 2.24) is 14.5 Å². The fourth-order valence-corrected chi connectivity index (χ4v) is 4.96. The fourth-order valence-electron chi connectivity index (χ4n) is 4.96. The molecule has 1 aliphatic rings. The van der Waals surface area contributed by atoms with E-state index in [0.717, 1.165) is 45.0 Å². The zero-order valence-electron chi connectivity index (χ0n) is 19.9. The van der Waals surface area contributed by atoms with Crippen molar-refractivity contribution in [2.75, 3.05) is 6.54 Å². The van der Waals surface area contributed by atoms with Crippen molar-refractivity contribution in [3.63, 3.8) is 0 Å². The van der Waals surface area contributed by atoms with Crippen molar-refractivity contribution in [3.05, 3.63) is 113 Å². The second-order valence-corrected chi connectivity index (χ2v) is 8.93. The highest BCUT2D eigenvalue weighted by Crippen LogP contribution is 2.28. The van der Waals surface area contributed by atoms with Gasteiger partial charge in [0.2, 0.25) is 0 Å². The summed E-state index contributed by atoms with van der Waals surface area (Å²) in [6, 6.07) is 22.7. The Labute approximate surface area is 208 Å². The number of carbonyl (C=O) groups excluding carboxylic acids is 1. The highest BCUT2D eigenvalue weighted by Gasteiger charge is 2.31. The minimum absolute atomic E-state index is 0.118. The van der Waals surface area contributed by atoms with Crippen LogP contribution in [-0.4, -0.2) is 32.7 Å². The van der Waals surface area contributed by atoms with Crippen molar-refractivity contribution in [3.8, 4) is 0 Å². The Morgan fingerprint density at radius 1 is 1.00 bits per heavy atom. The smallest absolute Gasteiger partial charge is 0.278 e. The van der Waals surface area contributed by atoms with E-state index in [2.05, 4.69) is 34.8 Å². The molecule has 0 saturated carbocycles. The van der Waals surface area contributed by atoms with Gasteiger partial charge in [0.15, 0.2) is 0 Å². The Bertz CT molecular complexity index is 1660. The van der Waals surface area contributed by atoms with Gasteiger partial charge >= 0.3 is 0 Å². The summed E-state index contributed by atoms with van der Waals surface area (Å²) in [5, 5.41) is 2.06. The van der Waals surface area contributed by atoms with E-state index < -0.39 is 0 Å². The number of benzene rings is 3. The van der Waals surface area contributed by atoms with E-state index >= 15 is 0 Å². The third-order valence-electron chi connectivity index (χ3n) is 6.76. The van der Waals surface area contributed by atoms with Gasteiger partial charge < -0.3 is 9.55 Å². The summed E-state index contributed by atoms with van der Waals surface area (Å²) in [6.07, 6.45) is 6.48. The molecule has 1 N–H and O–H groups in total. The maximum atomic E-state index is 13.7. The number of hydrogen-bond acceptors (Lipinski definition) is 2. The number of nitrogens with one attached hydrogen (secondary N) is 1. The van der Waals surface area contributed by atoms with Gasteiger partial charge in [0, 0.05) is 58.4 Å². The Kier molecular flexibility index (Phi) is 5.49. The molecule has 0 unspecified atom stereocenters. The number of halogens is 1. The van der Waals surface area contributed by atoms with E-state index in [9.17, 15) is 9.18 Å². The molecule has 0 atom stereocenters. The molecular formula is C30H25FN4O. The van der Waals surface area contributed by atoms with Crippen LogP contribution in [0.25, 0.3) is 27.9 Å². The molecule has 2 aromatic heterocycles. The Morgan fingerprint density at radius 2 is 1.81 bits per heavy atom. The molecule has 0 spiro atoms. The van der Waals surface area contributed by atoms with E-state index in [0.29, 0.717) is 24.5 Å². The number of aromatic amines is 1. The minimum atomic E-state index is -0.275. The third-order valence-corrected chi connectivity index (χ3v) is 6.76. The first-order valence-electron chi connectivity index (χ1n) is 12.1. The van der Waals surface area contributed by atoms with Crippen molar-refractivity contribution in [2.45, 2.75) is 19.9 Å². The molecule has 0 aliphatic carbocycles. The number of carbonyl (C=O) groups is 1. The molecule has 0 fully saturated rings. The van der Waals surface area contributed by atoms with E-state index in [1.54, 1.807) is 11.0 Å². The predicted molar refractivity (Wildman–Crippen MR) is 142 cm³/mol. The van der Waals surface area contributed by atoms with Crippen LogP contribution in [0.1, 0.15) is 23.6 Å². The molecule has 1 aliphatic heterocycles. The van der Waals surface area contributed by atoms with Crippen molar-refractivity contribution in [2.24, 2.45) is 4.99 Å². The molecule has 1 amide bonds. The second-order valence-electron chi connectivity index (χ2n) is 8.93. The van der Waals surface area contributed by atoms with E-state index in [1.807, 2.05) is 54.7 Å². The van der Waals surface area contributed by atoms with Crippen LogP contribution in [0, 0.1) is 5.82 Å². The summed E-state index contributed by atoms with van der Waals surface area (Å²) >= 11 is 0. The molecule has 6 rings (SSSR count). The van der Waals surface area contributed by atoms with Crippen molar-refractivity contribution < 1.29 is 9.18 Å². The van der Waals surface area contributed by atoms with Crippen LogP contribution in [0.5, 0.6) is 0 Å². The lowest BCUT2D eigenvalue weighted by molar-refractivity contribution is -0.122. The van der Waals surface area contributed by atoms with Gasteiger partial charge in [-0.25, -0.2) is 9.38 Å². The lowest BCUT2D eigenvalue weighted by atomic mass is 10.1. The molecule has 0 radical (unpaired) electrons.